The summed E-state index contributed by atoms with van der Waals surface area (Å²) in [6.07, 6.45) is 0.762. The standard InChI is InChI=1S/C20H21N3O2/c1-14(17-3-2-4-18(24)11-17)22-19-9-10-23(20(19)25)13-16-7-5-15(12-21)6-8-16/h2-8,11,14,19,22,24H,9-10,13H2,1H3/t14-,19+/m0/s1. The molecule has 5 heteroatoms. The van der Waals surface area contributed by atoms with Crippen molar-refractivity contribution in [3.63, 3.8) is 0 Å². The van der Waals surface area contributed by atoms with Gasteiger partial charge in [-0.1, -0.05) is 24.3 Å². The lowest BCUT2D eigenvalue weighted by Gasteiger charge is -2.20. The number of nitriles is 1. The fourth-order valence-electron chi connectivity index (χ4n) is 3.15. The Balaban J connectivity index is 1.60. The molecule has 1 fully saturated rings. The fourth-order valence-corrected chi connectivity index (χ4v) is 3.15. The third-order valence-electron chi connectivity index (χ3n) is 4.58. The largest absolute Gasteiger partial charge is 0.508 e. The van der Waals surface area contributed by atoms with Gasteiger partial charge in [-0.3, -0.25) is 10.1 Å². The van der Waals surface area contributed by atoms with Crippen LogP contribution in [0.2, 0.25) is 0 Å². The molecule has 0 radical (unpaired) electrons. The molecule has 1 saturated heterocycles. The average Bonchev–Trinajstić information content (AvgIpc) is 2.96. The number of nitrogens with zero attached hydrogens (tertiary/aromatic N) is 2. The van der Waals surface area contributed by atoms with E-state index in [1.807, 2.05) is 30.0 Å². The summed E-state index contributed by atoms with van der Waals surface area (Å²) in [5.74, 6) is 0.322. The molecule has 2 aromatic rings. The van der Waals surface area contributed by atoms with Crippen molar-refractivity contribution in [2.75, 3.05) is 6.54 Å². The van der Waals surface area contributed by atoms with Crippen LogP contribution in [-0.4, -0.2) is 28.5 Å². The number of phenolic OH excluding ortho intramolecular Hbond substituents is 1. The number of likely N-dealkylation sites (tertiary alicyclic amines) is 1. The number of benzene rings is 2. The molecule has 0 saturated carbocycles. The van der Waals surface area contributed by atoms with E-state index in [1.54, 1.807) is 30.3 Å². The van der Waals surface area contributed by atoms with Crippen molar-refractivity contribution >= 4 is 5.91 Å². The number of carbonyl (C=O) groups is 1. The number of aromatic hydroxyl groups is 1. The van der Waals surface area contributed by atoms with Gasteiger partial charge in [-0.25, -0.2) is 0 Å². The second-order valence-corrected chi connectivity index (χ2v) is 6.39. The number of hydrogen-bond donors (Lipinski definition) is 2. The van der Waals surface area contributed by atoms with Crippen LogP contribution in [0.25, 0.3) is 0 Å². The Morgan fingerprint density at radius 1 is 1.32 bits per heavy atom. The van der Waals surface area contributed by atoms with E-state index < -0.39 is 0 Å². The second-order valence-electron chi connectivity index (χ2n) is 6.39. The third kappa shape index (κ3) is 3.98. The summed E-state index contributed by atoms with van der Waals surface area (Å²) in [6, 6.07) is 16.3. The molecule has 2 atom stereocenters. The molecular formula is C20H21N3O2. The SMILES string of the molecule is C[C@H](N[C@@H]1CCN(Cc2ccc(C#N)cc2)C1=O)c1cccc(O)c1. The second kappa shape index (κ2) is 7.37. The van der Waals surface area contributed by atoms with Crippen molar-refractivity contribution in [2.24, 2.45) is 0 Å². The van der Waals surface area contributed by atoms with Crippen LogP contribution in [0.5, 0.6) is 5.75 Å². The molecule has 2 N–H and O–H groups in total. The molecule has 5 nitrogen and oxygen atoms in total. The van der Waals surface area contributed by atoms with Gasteiger partial charge in [0.25, 0.3) is 0 Å². The van der Waals surface area contributed by atoms with Crippen LogP contribution in [0.1, 0.15) is 36.1 Å². The van der Waals surface area contributed by atoms with Crippen molar-refractivity contribution in [3.8, 4) is 11.8 Å². The van der Waals surface area contributed by atoms with E-state index in [-0.39, 0.29) is 23.7 Å². The first-order valence-electron chi connectivity index (χ1n) is 8.39. The number of phenols is 1. The molecule has 0 bridgehead atoms. The summed E-state index contributed by atoms with van der Waals surface area (Å²) in [4.78, 5) is 14.5. The summed E-state index contributed by atoms with van der Waals surface area (Å²) in [5.41, 5.74) is 2.60. The molecule has 1 amide bonds. The van der Waals surface area contributed by atoms with Gasteiger partial charge in [0.1, 0.15) is 5.75 Å². The Morgan fingerprint density at radius 2 is 2.08 bits per heavy atom. The van der Waals surface area contributed by atoms with Gasteiger partial charge in [0, 0.05) is 19.1 Å². The number of amides is 1. The van der Waals surface area contributed by atoms with Crippen LogP contribution in [0, 0.1) is 11.3 Å². The average molecular weight is 335 g/mol. The summed E-state index contributed by atoms with van der Waals surface area (Å²) < 4.78 is 0. The molecule has 1 aliphatic rings. The van der Waals surface area contributed by atoms with Crippen LogP contribution in [0.4, 0.5) is 0 Å². The van der Waals surface area contributed by atoms with Gasteiger partial charge in [-0.05, 0) is 48.7 Å². The molecular weight excluding hydrogens is 314 g/mol. The van der Waals surface area contributed by atoms with E-state index in [1.165, 1.54) is 0 Å². The van der Waals surface area contributed by atoms with Gasteiger partial charge in [0.15, 0.2) is 0 Å². The minimum Gasteiger partial charge on any atom is -0.508 e. The molecule has 0 unspecified atom stereocenters. The molecule has 0 spiro atoms. The van der Waals surface area contributed by atoms with E-state index >= 15 is 0 Å². The Hall–Kier alpha value is -2.84. The first-order chi connectivity index (χ1) is 12.1. The predicted molar refractivity (Wildman–Crippen MR) is 94.6 cm³/mol. The van der Waals surface area contributed by atoms with Gasteiger partial charge in [0.2, 0.25) is 5.91 Å². The highest BCUT2D eigenvalue weighted by Crippen LogP contribution is 2.22. The van der Waals surface area contributed by atoms with Crippen molar-refractivity contribution < 1.29 is 9.90 Å². The summed E-state index contributed by atoms with van der Waals surface area (Å²) >= 11 is 0. The number of hydrogen-bond acceptors (Lipinski definition) is 4. The van der Waals surface area contributed by atoms with Crippen molar-refractivity contribution in [3.05, 3.63) is 65.2 Å². The van der Waals surface area contributed by atoms with Crippen LogP contribution in [0.15, 0.2) is 48.5 Å². The van der Waals surface area contributed by atoms with Crippen molar-refractivity contribution in [1.82, 2.24) is 10.2 Å². The van der Waals surface area contributed by atoms with E-state index in [2.05, 4.69) is 11.4 Å². The van der Waals surface area contributed by atoms with E-state index in [4.69, 9.17) is 5.26 Å². The first-order valence-corrected chi connectivity index (χ1v) is 8.39. The Kier molecular flexibility index (Phi) is 5.01. The number of nitrogens with one attached hydrogen (secondary N) is 1. The zero-order chi connectivity index (χ0) is 17.8. The lowest BCUT2D eigenvalue weighted by atomic mass is 10.1. The summed E-state index contributed by atoms with van der Waals surface area (Å²) in [5, 5.41) is 21.8. The van der Waals surface area contributed by atoms with Gasteiger partial charge < -0.3 is 10.0 Å². The lowest BCUT2D eigenvalue weighted by Crippen LogP contribution is -2.39. The highest BCUT2D eigenvalue weighted by Gasteiger charge is 2.32. The molecule has 3 rings (SSSR count). The van der Waals surface area contributed by atoms with E-state index in [9.17, 15) is 9.90 Å². The highest BCUT2D eigenvalue weighted by atomic mass is 16.3. The molecule has 2 aromatic carbocycles. The Labute approximate surface area is 147 Å². The molecule has 1 aliphatic heterocycles. The van der Waals surface area contributed by atoms with Crippen LogP contribution < -0.4 is 5.32 Å². The first kappa shape index (κ1) is 17.0. The maximum Gasteiger partial charge on any atom is 0.240 e. The van der Waals surface area contributed by atoms with E-state index in [0.717, 1.165) is 17.5 Å². The lowest BCUT2D eigenvalue weighted by molar-refractivity contribution is -0.130. The van der Waals surface area contributed by atoms with Gasteiger partial charge in [0.05, 0.1) is 17.7 Å². The minimum absolute atomic E-state index is 0.0177. The van der Waals surface area contributed by atoms with Crippen molar-refractivity contribution in [1.29, 1.82) is 5.26 Å². The highest BCUT2D eigenvalue weighted by molar-refractivity contribution is 5.84. The molecule has 0 aromatic heterocycles. The zero-order valence-corrected chi connectivity index (χ0v) is 14.1. The molecule has 128 valence electrons. The van der Waals surface area contributed by atoms with Gasteiger partial charge >= 0.3 is 0 Å². The topological polar surface area (TPSA) is 76.4 Å². The quantitative estimate of drug-likeness (QED) is 0.881. The summed E-state index contributed by atoms with van der Waals surface area (Å²) in [7, 11) is 0. The van der Waals surface area contributed by atoms with Gasteiger partial charge in [-0.15, -0.1) is 0 Å². The maximum atomic E-state index is 12.6. The number of rotatable bonds is 5. The third-order valence-corrected chi connectivity index (χ3v) is 4.58. The van der Waals surface area contributed by atoms with Crippen LogP contribution in [0.3, 0.4) is 0 Å². The smallest absolute Gasteiger partial charge is 0.240 e. The Bertz CT molecular complexity index is 795. The monoisotopic (exact) mass is 335 g/mol. The van der Waals surface area contributed by atoms with Crippen molar-refractivity contribution in [2.45, 2.75) is 32.0 Å². The molecule has 1 heterocycles. The normalized spacial score (nSPS) is 18.2. The van der Waals surface area contributed by atoms with Crippen LogP contribution in [-0.2, 0) is 11.3 Å². The van der Waals surface area contributed by atoms with Crippen LogP contribution >= 0.6 is 0 Å². The number of carbonyl (C=O) groups excluding carboxylic acids is 1. The van der Waals surface area contributed by atoms with E-state index in [0.29, 0.717) is 18.7 Å². The molecule has 25 heavy (non-hydrogen) atoms. The summed E-state index contributed by atoms with van der Waals surface area (Å²) in [6.45, 7) is 3.26. The zero-order valence-electron chi connectivity index (χ0n) is 14.1. The fraction of sp³-hybridized carbons (Fsp3) is 0.300. The predicted octanol–water partition coefficient (Wildman–Crippen LogP) is 2.72. The maximum absolute atomic E-state index is 12.6. The minimum atomic E-state index is -0.212. The molecule has 0 aliphatic carbocycles. The van der Waals surface area contributed by atoms with Gasteiger partial charge in [-0.2, -0.15) is 5.26 Å². The Morgan fingerprint density at radius 3 is 2.76 bits per heavy atom.